The Kier molecular flexibility index (Phi) is 4.77. The average molecular weight is 276 g/mol. The van der Waals surface area contributed by atoms with E-state index in [1.54, 1.807) is 11.8 Å². The van der Waals surface area contributed by atoms with Crippen molar-refractivity contribution in [2.24, 2.45) is 5.92 Å². The van der Waals surface area contributed by atoms with Crippen LogP contribution in [-0.4, -0.2) is 34.5 Å². The monoisotopic (exact) mass is 275 g/mol. The molecule has 0 saturated carbocycles. The summed E-state index contributed by atoms with van der Waals surface area (Å²) in [4.78, 5) is 24.8. The molecule has 4 heteroatoms. The highest BCUT2D eigenvalue weighted by molar-refractivity contribution is 9.09. The molecule has 0 aromatic carbocycles. The van der Waals surface area contributed by atoms with Crippen LogP contribution in [0.15, 0.2) is 0 Å². The lowest BCUT2D eigenvalue weighted by atomic mass is 9.87. The first-order valence-corrected chi connectivity index (χ1v) is 6.58. The Morgan fingerprint density at radius 3 is 2.60 bits per heavy atom. The minimum atomic E-state index is -0.194. The molecule has 0 radical (unpaired) electrons. The van der Waals surface area contributed by atoms with Gasteiger partial charge in [0.05, 0.1) is 11.4 Å². The molecular formula is C11H18BrNO2. The van der Waals surface area contributed by atoms with Gasteiger partial charge in [-0.1, -0.05) is 29.3 Å². The molecule has 86 valence electrons. The number of ketones is 1. The van der Waals surface area contributed by atoms with E-state index >= 15 is 0 Å². The summed E-state index contributed by atoms with van der Waals surface area (Å²) >= 11 is 3.18. The van der Waals surface area contributed by atoms with E-state index in [-0.39, 0.29) is 17.7 Å². The van der Waals surface area contributed by atoms with Crippen LogP contribution in [0.2, 0.25) is 0 Å². The molecule has 1 saturated heterocycles. The number of nitrogens with zero attached hydrogens (tertiary/aromatic N) is 1. The number of carbonyl (C=O) groups is 2. The Labute approximate surface area is 99.3 Å². The number of hydrogen-bond donors (Lipinski definition) is 0. The first-order chi connectivity index (χ1) is 7.10. The van der Waals surface area contributed by atoms with Crippen molar-refractivity contribution >= 4 is 27.6 Å². The molecule has 0 aromatic heterocycles. The van der Waals surface area contributed by atoms with Crippen LogP contribution in [0.5, 0.6) is 0 Å². The molecule has 15 heavy (non-hydrogen) atoms. The zero-order valence-corrected chi connectivity index (χ0v) is 10.9. The number of carbonyl (C=O) groups excluding carboxylic acids is 2. The fraction of sp³-hybridized carbons (Fsp3) is 0.818. The highest BCUT2D eigenvalue weighted by Crippen LogP contribution is 2.26. The Balaban J connectivity index is 2.73. The van der Waals surface area contributed by atoms with Crippen molar-refractivity contribution in [2.75, 3.05) is 11.9 Å². The van der Waals surface area contributed by atoms with Crippen molar-refractivity contribution < 1.29 is 9.59 Å². The SMILES string of the molecule is CCC1CCN(C(C)=O)C(C(=O)CBr)C1. The van der Waals surface area contributed by atoms with E-state index in [1.165, 1.54) is 0 Å². The minimum Gasteiger partial charge on any atom is -0.333 e. The number of amides is 1. The summed E-state index contributed by atoms with van der Waals surface area (Å²) in [6.45, 7) is 4.42. The number of piperidine rings is 1. The fourth-order valence-electron chi connectivity index (χ4n) is 2.18. The lowest BCUT2D eigenvalue weighted by molar-refractivity contribution is -0.139. The van der Waals surface area contributed by atoms with Crippen molar-refractivity contribution in [2.45, 2.75) is 39.2 Å². The third-order valence-electron chi connectivity index (χ3n) is 3.20. The average Bonchev–Trinajstić information content (AvgIpc) is 2.26. The Morgan fingerprint density at radius 1 is 1.47 bits per heavy atom. The fourth-order valence-corrected chi connectivity index (χ4v) is 2.55. The molecule has 0 aliphatic carbocycles. The van der Waals surface area contributed by atoms with Gasteiger partial charge in [0.1, 0.15) is 0 Å². The largest absolute Gasteiger partial charge is 0.333 e. The van der Waals surface area contributed by atoms with Crippen LogP contribution in [0.1, 0.15) is 33.1 Å². The zero-order valence-electron chi connectivity index (χ0n) is 9.33. The third-order valence-corrected chi connectivity index (χ3v) is 3.75. The quantitative estimate of drug-likeness (QED) is 0.739. The highest BCUT2D eigenvalue weighted by Gasteiger charge is 2.33. The molecule has 1 rings (SSSR count). The van der Waals surface area contributed by atoms with Crippen LogP contribution in [0.4, 0.5) is 0 Å². The van der Waals surface area contributed by atoms with E-state index in [2.05, 4.69) is 22.9 Å². The summed E-state index contributed by atoms with van der Waals surface area (Å²) in [6.07, 6.45) is 2.96. The molecule has 0 aromatic rings. The van der Waals surface area contributed by atoms with E-state index in [9.17, 15) is 9.59 Å². The summed E-state index contributed by atoms with van der Waals surface area (Å²) in [5.74, 6) is 0.737. The van der Waals surface area contributed by atoms with Gasteiger partial charge in [-0.05, 0) is 18.8 Å². The van der Waals surface area contributed by atoms with Gasteiger partial charge in [0.25, 0.3) is 0 Å². The van der Waals surface area contributed by atoms with Crippen LogP contribution in [0.25, 0.3) is 0 Å². The smallest absolute Gasteiger partial charge is 0.220 e. The van der Waals surface area contributed by atoms with Gasteiger partial charge < -0.3 is 4.90 Å². The van der Waals surface area contributed by atoms with E-state index in [1.807, 2.05) is 0 Å². The van der Waals surface area contributed by atoms with Crippen LogP contribution >= 0.6 is 15.9 Å². The topological polar surface area (TPSA) is 37.4 Å². The first-order valence-electron chi connectivity index (χ1n) is 5.46. The van der Waals surface area contributed by atoms with E-state index in [0.717, 1.165) is 25.8 Å². The predicted octanol–water partition coefficient (Wildman–Crippen LogP) is 1.99. The summed E-state index contributed by atoms with van der Waals surface area (Å²) in [5.41, 5.74) is 0. The van der Waals surface area contributed by atoms with Crippen molar-refractivity contribution in [1.29, 1.82) is 0 Å². The summed E-state index contributed by atoms with van der Waals surface area (Å²) in [6, 6.07) is -0.194. The van der Waals surface area contributed by atoms with Crippen LogP contribution in [0.3, 0.4) is 0 Å². The van der Waals surface area contributed by atoms with Gasteiger partial charge in [0.15, 0.2) is 5.78 Å². The summed E-state index contributed by atoms with van der Waals surface area (Å²) in [7, 11) is 0. The second-order valence-corrected chi connectivity index (χ2v) is 4.69. The van der Waals surface area contributed by atoms with E-state index in [4.69, 9.17) is 0 Å². The maximum absolute atomic E-state index is 11.7. The molecule has 0 spiro atoms. The van der Waals surface area contributed by atoms with Gasteiger partial charge in [0.2, 0.25) is 5.91 Å². The van der Waals surface area contributed by atoms with Crippen molar-refractivity contribution in [3.63, 3.8) is 0 Å². The molecule has 1 aliphatic rings. The van der Waals surface area contributed by atoms with Crippen LogP contribution < -0.4 is 0 Å². The number of Topliss-reactive ketones (excluding diaryl/α,β-unsaturated/α-hetero) is 1. The third kappa shape index (κ3) is 3.03. The number of likely N-dealkylation sites (tertiary alicyclic amines) is 1. The van der Waals surface area contributed by atoms with E-state index < -0.39 is 0 Å². The number of halogens is 1. The van der Waals surface area contributed by atoms with Gasteiger partial charge in [-0.25, -0.2) is 0 Å². The van der Waals surface area contributed by atoms with Crippen molar-refractivity contribution in [3.05, 3.63) is 0 Å². The predicted molar refractivity (Wildman–Crippen MR) is 63.0 cm³/mol. The van der Waals surface area contributed by atoms with Gasteiger partial charge in [0, 0.05) is 13.5 Å². The second kappa shape index (κ2) is 5.64. The molecule has 0 bridgehead atoms. The highest BCUT2D eigenvalue weighted by atomic mass is 79.9. The molecule has 1 heterocycles. The first kappa shape index (κ1) is 12.7. The standard InChI is InChI=1S/C11H18BrNO2/c1-3-9-4-5-13(8(2)14)10(6-9)11(15)7-12/h9-10H,3-7H2,1-2H3. The number of hydrogen-bond acceptors (Lipinski definition) is 2. The zero-order chi connectivity index (χ0) is 11.4. The second-order valence-electron chi connectivity index (χ2n) is 4.13. The molecule has 3 nitrogen and oxygen atoms in total. The molecule has 1 fully saturated rings. The maximum Gasteiger partial charge on any atom is 0.220 e. The van der Waals surface area contributed by atoms with Crippen LogP contribution in [0, 0.1) is 5.92 Å². The molecule has 1 amide bonds. The molecule has 2 atom stereocenters. The van der Waals surface area contributed by atoms with Crippen LogP contribution in [-0.2, 0) is 9.59 Å². The lowest BCUT2D eigenvalue weighted by Gasteiger charge is -2.37. The van der Waals surface area contributed by atoms with Gasteiger partial charge in [-0.15, -0.1) is 0 Å². The molecular weight excluding hydrogens is 258 g/mol. The molecule has 0 N–H and O–H groups in total. The van der Waals surface area contributed by atoms with Gasteiger partial charge in [-0.2, -0.15) is 0 Å². The summed E-state index contributed by atoms with van der Waals surface area (Å²) < 4.78 is 0. The van der Waals surface area contributed by atoms with E-state index in [0.29, 0.717) is 11.2 Å². The molecule has 2 unspecified atom stereocenters. The lowest BCUT2D eigenvalue weighted by Crippen LogP contribution is -2.49. The Bertz CT molecular complexity index is 255. The van der Waals surface area contributed by atoms with Gasteiger partial charge in [-0.3, -0.25) is 9.59 Å². The Hall–Kier alpha value is -0.380. The Morgan fingerprint density at radius 2 is 2.13 bits per heavy atom. The number of rotatable bonds is 3. The van der Waals surface area contributed by atoms with Gasteiger partial charge >= 0.3 is 0 Å². The molecule has 1 aliphatic heterocycles. The number of alkyl halides is 1. The normalized spacial score (nSPS) is 26.5. The maximum atomic E-state index is 11.7. The minimum absolute atomic E-state index is 0.0175. The van der Waals surface area contributed by atoms with Crippen molar-refractivity contribution in [1.82, 2.24) is 4.90 Å². The van der Waals surface area contributed by atoms with Crippen molar-refractivity contribution in [3.8, 4) is 0 Å². The summed E-state index contributed by atoms with van der Waals surface area (Å²) in [5, 5.41) is 0.345.